The van der Waals surface area contributed by atoms with Gasteiger partial charge in [-0.15, -0.1) is 0 Å². The minimum absolute atomic E-state index is 1.09. The Morgan fingerprint density at radius 3 is 2.40 bits per heavy atom. The number of benzene rings is 1. The smallest absolute Gasteiger partial charge is 0.0731 e. The van der Waals surface area contributed by atoms with Crippen LogP contribution in [0.1, 0.15) is 16.7 Å². The van der Waals surface area contributed by atoms with E-state index in [4.69, 9.17) is 0 Å². The third-order valence-electron chi connectivity index (χ3n) is 2.51. The molecule has 0 fully saturated rings. The summed E-state index contributed by atoms with van der Waals surface area (Å²) in [6, 6.07) is 10.6. The molecule has 0 saturated carbocycles. The van der Waals surface area contributed by atoms with Crippen molar-refractivity contribution in [3.05, 3.63) is 53.2 Å². The van der Waals surface area contributed by atoms with Crippen LogP contribution in [-0.4, -0.2) is 4.98 Å². The molecule has 2 rings (SSSR count). The fourth-order valence-corrected chi connectivity index (χ4v) is 1.81. The number of hydrogen-bond donors (Lipinski definition) is 0. The second kappa shape index (κ2) is 3.85. The van der Waals surface area contributed by atoms with Crippen molar-refractivity contribution >= 4 is 0 Å². The van der Waals surface area contributed by atoms with Crippen molar-refractivity contribution in [1.82, 2.24) is 4.98 Å². The van der Waals surface area contributed by atoms with Crippen LogP contribution < -0.4 is 0 Å². The number of hydrogen-bond acceptors (Lipinski definition) is 1. The molecular formula is C14H15N. The van der Waals surface area contributed by atoms with Crippen LogP contribution in [0.5, 0.6) is 0 Å². The molecule has 0 spiro atoms. The molecular weight excluding hydrogens is 182 g/mol. The van der Waals surface area contributed by atoms with Crippen molar-refractivity contribution in [2.45, 2.75) is 20.8 Å². The van der Waals surface area contributed by atoms with Crippen molar-refractivity contribution in [2.75, 3.05) is 0 Å². The molecule has 76 valence electrons. The maximum absolute atomic E-state index is 4.49. The third-order valence-corrected chi connectivity index (χ3v) is 2.51. The van der Waals surface area contributed by atoms with E-state index in [0.717, 1.165) is 5.69 Å². The molecule has 1 aromatic carbocycles. The fraction of sp³-hybridized carbons (Fsp3) is 0.214. The van der Waals surface area contributed by atoms with Gasteiger partial charge in [-0.05, 0) is 38.0 Å². The van der Waals surface area contributed by atoms with Crippen LogP contribution in [0, 0.1) is 20.8 Å². The van der Waals surface area contributed by atoms with Crippen LogP contribution in [0.4, 0.5) is 0 Å². The van der Waals surface area contributed by atoms with E-state index in [2.05, 4.69) is 56.1 Å². The minimum atomic E-state index is 1.09. The summed E-state index contributed by atoms with van der Waals surface area (Å²) >= 11 is 0. The first-order valence-electron chi connectivity index (χ1n) is 5.17. The average molecular weight is 197 g/mol. The van der Waals surface area contributed by atoms with Gasteiger partial charge in [0.1, 0.15) is 0 Å². The summed E-state index contributed by atoms with van der Waals surface area (Å²) in [7, 11) is 0. The van der Waals surface area contributed by atoms with Gasteiger partial charge < -0.3 is 0 Å². The van der Waals surface area contributed by atoms with E-state index >= 15 is 0 Å². The lowest BCUT2D eigenvalue weighted by Crippen LogP contribution is -1.89. The van der Waals surface area contributed by atoms with E-state index in [1.54, 1.807) is 0 Å². The zero-order valence-corrected chi connectivity index (χ0v) is 9.41. The zero-order chi connectivity index (χ0) is 10.8. The van der Waals surface area contributed by atoms with Crippen molar-refractivity contribution in [2.24, 2.45) is 0 Å². The van der Waals surface area contributed by atoms with Crippen LogP contribution in [0.25, 0.3) is 11.3 Å². The summed E-state index contributed by atoms with van der Waals surface area (Å²) < 4.78 is 0. The first-order chi connectivity index (χ1) is 7.16. The maximum Gasteiger partial charge on any atom is 0.0731 e. The molecule has 0 atom stereocenters. The predicted molar refractivity (Wildman–Crippen MR) is 63.9 cm³/mol. The molecule has 1 heteroatoms. The van der Waals surface area contributed by atoms with Gasteiger partial charge in [-0.1, -0.05) is 29.8 Å². The number of pyridine rings is 1. The van der Waals surface area contributed by atoms with Crippen LogP contribution in [0.15, 0.2) is 36.5 Å². The summed E-state index contributed by atoms with van der Waals surface area (Å²) in [5.41, 5.74) is 6.01. The standard InChI is InChI=1S/C14H15N/c1-10-5-4-6-13(8-10)14-12(3)7-11(2)9-15-14/h4-9H,1-3H3. The first-order valence-corrected chi connectivity index (χ1v) is 5.17. The topological polar surface area (TPSA) is 12.9 Å². The van der Waals surface area contributed by atoms with Crippen molar-refractivity contribution in [3.8, 4) is 11.3 Å². The van der Waals surface area contributed by atoms with E-state index < -0.39 is 0 Å². The largest absolute Gasteiger partial charge is 0.256 e. The highest BCUT2D eigenvalue weighted by Crippen LogP contribution is 2.22. The quantitative estimate of drug-likeness (QED) is 0.679. The first kappa shape index (κ1) is 9.91. The lowest BCUT2D eigenvalue weighted by atomic mass is 10.0. The Balaban J connectivity index is 2.54. The monoisotopic (exact) mass is 197 g/mol. The summed E-state index contributed by atoms with van der Waals surface area (Å²) in [5, 5.41) is 0. The molecule has 1 heterocycles. The zero-order valence-electron chi connectivity index (χ0n) is 9.41. The van der Waals surface area contributed by atoms with Gasteiger partial charge in [-0.2, -0.15) is 0 Å². The van der Waals surface area contributed by atoms with E-state index in [0.29, 0.717) is 0 Å². The summed E-state index contributed by atoms with van der Waals surface area (Å²) in [6.45, 7) is 6.28. The fourth-order valence-electron chi connectivity index (χ4n) is 1.81. The van der Waals surface area contributed by atoms with Gasteiger partial charge in [0, 0.05) is 11.8 Å². The van der Waals surface area contributed by atoms with Gasteiger partial charge in [0.15, 0.2) is 0 Å². The Morgan fingerprint density at radius 1 is 0.933 bits per heavy atom. The Bertz CT molecular complexity index is 486. The highest BCUT2D eigenvalue weighted by molar-refractivity contribution is 5.63. The number of aromatic nitrogens is 1. The van der Waals surface area contributed by atoms with Gasteiger partial charge in [0.25, 0.3) is 0 Å². The van der Waals surface area contributed by atoms with Crippen LogP contribution >= 0.6 is 0 Å². The van der Waals surface area contributed by atoms with Crippen molar-refractivity contribution in [1.29, 1.82) is 0 Å². The normalized spacial score (nSPS) is 10.3. The molecule has 0 radical (unpaired) electrons. The Labute approximate surface area is 90.8 Å². The number of nitrogens with zero attached hydrogens (tertiary/aromatic N) is 1. The highest BCUT2D eigenvalue weighted by Gasteiger charge is 2.03. The van der Waals surface area contributed by atoms with E-state index in [1.165, 1.54) is 22.3 Å². The number of aryl methyl sites for hydroxylation is 3. The summed E-state index contributed by atoms with van der Waals surface area (Å²) in [6.07, 6.45) is 1.92. The Morgan fingerprint density at radius 2 is 1.73 bits per heavy atom. The minimum Gasteiger partial charge on any atom is -0.256 e. The Hall–Kier alpha value is -1.63. The molecule has 0 N–H and O–H groups in total. The molecule has 2 aromatic rings. The molecule has 1 aromatic heterocycles. The SMILES string of the molecule is Cc1cccc(-c2ncc(C)cc2C)c1. The summed E-state index contributed by atoms with van der Waals surface area (Å²) in [4.78, 5) is 4.49. The number of rotatable bonds is 1. The molecule has 0 amide bonds. The highest BCUT2D eigenvalue weighted by atomic mass is 14.7. The van der Waals surface area contributed by atoms with Crippen molar-refractivity contribution in [3.63, 3.8) is 0 Å². The van der Waals surface area contributed by atoms with Crippen molar-refractivity contribution < 1.29 is 0 Å². The molecule has 1 nitrogen and oxygen atoms in total. The average Bonchev–Trinajstić information content (AvgIpc) is 2.17. The molecule has 0 bridgehead atoms. The van der Waals surface area contributed by atoms with Crippen LogP contribution in [0.2, 0.25) is 0 Å². The van der Waals surface area contributed by atoms with Crippen LogP contribution in [0.3, 0.4) is 0 Å². The molecule has 0 aliphatic carbocycles. The second-order valence-corrected chi connectivity index (χ2v) is 4.05. The van der Waals surface area contributed by atoms with Crippen LogP contribution in [-0.2, 0) is 0 Å². The third kappa shape index (κ3) is 2.07. The molecule has 0 unspecified atom stereocenters. The Kier molecular flexibility index (Phi) is 2.55. The predicted octanol–water partition coefficient (Wildman–Crippen LogP) is 3.67. The van der Waals surface area contributed by atoms with E-state index in [1.807, 2.05) is 6.20 Å². The summed E-state index contributed by atoms with van der Waals surface area (Å²) in [5.74, 6) is 0. The molecule has 0 saturated heterocycles. The van der Waals surface area contributed by atoms with Gasteiger partial charge in [0.2, 0.25) is 0 Å². The molecule has 0 aliphatic heterocycles. The molecule has 0 aliphatic rings. The molecule has 15 heavy (non-hydrogen) atoms. The lowest BCUT2D eigenvalue weighted by Gasteiger charge is -2.06. The van der Waals surface area contributed by atoms with Gasteiger partial charge in [-0.3, -0.25) is 4.98 Å². The second-order valence-electron chi connectivity index (χ2n) is 4.05. The van der Waals surface area contributed by atoms with Gasteiger partial charge in [-0.25, -0.2) is 0 Å². The lowest BCUT2D eigenvalue weighted by molar-refractivity contribution is 1.22. The van der Waals surface area contributed by atoms with E-state index in [9.17, 15) is 0 Å². The van der Waals surface area contributed by atoms with Gasteiger partial charge in [0.05, 0.1) is 5.69 Å². The van der Waals surface area contributed by atoms with Gasteiger partial charge >= 0.3 is 0 Å². The maximum atomic E-state index is 4.49. The van der Waals surface area contributed by atoms with E-state index in [-0.39, 0.29) is 0 Å².